The molecule has 0 spiro atoms. The first-order chi connectivity index (χ1) is 10.2. The molecule has 1 heterocycles. The van der Waals surface area contributed by atoms with Crippen LogP contribution < -0.4 is 0 Å². The van der Waals surface area contributed by atoms with E-state index >= 15 is 0 Å². The smallest absolute Gasteiger partial charge is 0.338 e. The van der Waals surface area contributed by atoms with Crippen molar-refractivity contribution >= 4 is 33.0 Å². The van der Waals surface area contributed by atoms with Gasteiger partial charge in [-0.25, -0.2) is 9.78 Å². The SMILES string of the molecule is CCOC(=O)c1ccc2oc(-c3cccc(Br)c3)nc2c1. The van der Waals surface area contributed by atoms with E-state index in [2.05, 4.69) is 20.9 Å². The molecule has 106 valence electrons. The molecule has 0 amide bonds. The van der Waals surface area contributed by atoms with E-state index in [9.17, 15) is 4.79 Å². The molecule has 0 unspecified atom stereocenters. The summed E-state index contributed by atoms with van der Waals surface area (Å²) in [7, 11) is 0. The van der Waals surface area contributed by atoms with E-state index in [1.165, 1.54) is 0 Å². The molecule has 3 aromatic rings. The fraction of sp³-hybridized carbons (Fsp3) is 0.125. The van der Waals surface area contributed by atoms with Crippen molar-refractivity contribution in [3.05, 3.63) is 52.5 Å². The van der Waals surface area contributed by atoms with Gasteiger partial charge in [-0.1, -0.05) is 22.0 Å². The summed E-state index contributed by atoms with van der Waals surface area (Å²) in [6, 6.07) is 12.8. The number of hydrogen-bond donors (Lipinski definition) is 0. The van der Waals surface area contributed by atoms with Crippen LogP contribution in [0.5, 0.6) is 0 Å². The molecule has 0 aliphatic rings. The highest BCUT2D eigenvalue weighted by Gasteiger charge is 2.12. The Morgan fingerprint density at radius 1 is 1.29 bits per heavy atom. The number of benzene rings is 2. The zero-order chi connectivity index (χ0) is 14.8. The van der Waals surface area contributed by atoms with Crippen molar-refractivity contribution in [2.24, 2.45) is 0 Å². The Bertz CT molecular complexity index is 810. The molecule has 2 aromatic carbocycles. The van der Waals surface area contributed by atoms with Crippen LogP contribution in [0.4, 0.5) is 0 Å². The van der Waals surface area contributed by atoms with Crippen LogP contribution in [-0.2, 0) is 4.74 Å². The number of carbonyl (C=O) groups excluding carboxylic acids is 1. The predicted molar refractivity (Wildman–Crippen MR) is 83.1 cm³/mol. The predicted octanol–water partition coefficient (Wildman–Crippen LogP) is 4.43. The second-order valence-corrected chi connectivity index (χ2v) is 5.35. The number of nitrogens with zero attached hydrogens (tertiary/aromatic N) is 1. The highest BCUT2D eigenvalue weighted by molar-refractivity contribution is 9.10. The van der Waals surface area contributed by atoms with Crippen molar-refractivity contribution < 1.29 is 13.9 Å². The van der Waals surface area contributed by atoms with E-state index in [0.29, 0.717) is 29.2 Å². The fourth-order valence-electron chi connectivity index (χ4n) is 2.01. The number of aromatic nitrogens is 1. The first kappa shape index (κ1) is 13.8. The van der Waals surface area contributed by atoms with E-state index < -0.39 is 0 Å². The molecule has 3 rings (SSSR count). The lowest BCUT2D eigenvalue weighted by atomic mass is 10.2. The molecule has 5 heteroatoms. The Labute approximate surface area is 129 Å². The van der Waals surface area contributed by atoms with Gasteiger partial charge >= 0.3 is 5.97 Å². The number of esters is 1. The van der Waals surface area contributed by atoms with E-state index in [1.807, 2.05) is 24.3 Å². The highest BCUT2D eigenvalue weighted by atomic mass is 79.9. The highest BCUT2D eigenvalue weighted by Crippen LogP contribution is 2.26. The second kappa shape index (κ2) is 5.69. The van der Waals surface area contributed by atoms with Gasteiger partial charge in [0.05, 0.1) is 12.2 Å². The van der Waals surface area contributed by atoms with Gasteiger partial charge in [0.1, 0.15) is 5.52 Å². The summed E-state index contributed by atoms with van der Waals surface area (Å²) in [6.45, 7) is 2.12. The Balaban J connectivity index is 2.02. The monoisotopic (exact) mass is 345 g/mol. The average Bonchev–Trinajstić information content (AvgIpc) is 2.90. The lowest BCUT2D eigenvalue weighted by Gasteiger charge is -2.00. The minimum Gasteiger partial charge on any atom is -0.462 e. The van der Waals surface area contributed by atoms with Crippen molar-refractivity contribution in [1.29, 1.82) is 0 Å². The van der Waals surface area contributed by atoms with E-state index in [-0.39, 0.29) is 5.97 Å². The molecular formula is C16H12BrNO3. The molecule has 0 radical (unpaired) electrons. The van der Waals surface area contributed by atoms with Gasteiger partial charge in [-0.15, -0.1) is 0 Å². The molecule has 0 aliphatic heterocycles. The standard InChI is InChI=1S/C16H12BrNO3/c1-2-20-16(19)11-6-7-14-13(9-11)18-15(21-14)10-4-3-5-12(17)8-10/h3-9H,2H2,1H3. The Kier molecular flexibility index (Phi) is 3.75. The van der Waals surface area contributed by atoms with Crippen LogP contribution in [0.15, 0.2) is 51.4 Å². The van der Waals surface area contributed by atoms with Gasteiger partial charge in [-0.05, 0) is 43.3 Å². The molecule has 0 atom stereocenters. The molecule has 0 saturated carbocycles. The summed E-state index contributed by atoms with van der Waals surface area (Å²) in [4.78, 5) is 16.2. The van der Waals surface area contributed by atoms with Crippen LogP contribution >= 0.6 is 15.9 Å². The Hall–Kier alpha value is -2.14. The van der Waals surface area contributed by atoms with Gasteiger partial charge in [0, 0.05) is 10.0 Å². The molecule has 0 N–H and O–H groups in total. The maximum Gasteiger partial charge on any atom is 0.338 e. The third-order valence-corrected chi connectivity index (χ3v) is 3.46. The van der Waals surface area contributed by atoms with E-state index in [4.69, 9.17) is 9.15 Å². The number of hydrogen-bond acceptors (Lipinski definition) is 4. The second-order valence-electron chi connectivity index (χ2n) is 4.43. The van der Waals surface area contributed by atoms with Gasteiger partial charge < -0.3 is 9.15 Å². The molecule has 1 aromatic heterocycles. The first-order valence-electron chi connectivity index (χ1n) is 6.51. The summed E-state index contributed by atoms with van der Waals surface area (Å²) in [5, 5.41) is 0. The summed E-state index contributed by atoms with van der Waals surface area (Å²) in [5.41, 5.74) is 2.62. The van der Waals surface area contributed by atoms with Crippen LogP contribution in [0, 0.1) is 0 Å². The number of rotatable bonds is 3. The minimum atomic E-state index is -0.355. The quantitative estimate of drug-likeness (QED) is 0.658. The molecular weight excluding hydrogens is 334 g/mol. The summed E-state index contributed by atoms with van der Waals surface area (Å²) >= 11 is 3.42. The zero-order valence-electron chi connectivity index (χ0n) is 11.3. The van der Waals surface area contributed by atoms with Crippen molar-refractivity contribution in [3.63, 3.8) is 0 Å². The van der Waals surface area contributed by atoms with Crippen molar-refractivity contribution in [3.8, 4) is 11.5 Å². The average molecular weight is 346 g/mol. The number of fused-ring (bicyclic) bond motifs is 1. The molecule has 4 nitrogen and oxygen atoms in total. The third kappa shape index (κ3) is 2.83. The summed E-state index contributed by atoms with van der Waals surface area (Å²) < 4.78 is 11.7. The molecule has 0 aliphatic carbocycles. The van der Waals surface area contributed by atoms with Crippen molar-refractivity contribution in [2.45, 2.75) is 6.92 Å². The Morgan fingerprint density at radius 3 is 2.90 bits per heavy atom. The van der Waals surface area contributed by atoms with E-state index in [0.717, 1.165) is 10.0 Å². The maximum absolute atomic E-state index is 11.7. The van der Waals surface area contributed by atoms with Gasteiger partial charge in [-0.3, -0.25) is 0 Å². The summed E-state index contributed by atoms with van der Waals surface area (Å²) in [6.07, 6.45) is 0. The van der Waals surface area contributed by atoms with Gasteiger partial charge in [0.25, 0.3) is 0 Å². The minimum absolute atomic E-state index is 0.346. The third-order valence-electron chi connectivity index (χ3n) is 2.97. The van der Waals surface area contributed by atoms with E-state index in [1.54, 1.807) is 25.1 Å². The van der Waals surface area contributed by atoms with Gasteiger partial charge in [0.2, 0.25) is 5.89 Å². The molecule has 0 bridgehead atoms. The lowest BCUT2D eigenvalue weighted by molar-refractivity contribution is 0.0526. The zero-order valence-corrected chi connectivity index (χ0v) is 12.9. The van der Waals surface area contributed by atoms with Crippen molar-refractivity contribution in [1.82, 2.24) is 4.98 Å². The molecule has 0 fully saturated rings. The number of oxazole rings is 1. The lowest BCUT2D eigenvalue weighted by Crippen LogP contribution is -2.03. The van der Waals surface area contributed by atoms with Gasteiger partial charge in [0.15, 0.2) is 5.58 Å². The van der Waals surface area contributed by atoms with Crippen LogP contribution in [0.3, 0.4) is 0 Å². The Morgan fingerprint density at radius 2 is 2.14 bits per heavy atom. The number of carbonyl (C=O) groups is 1. The van der Waals surface area contributed by atoms with Crippen LogP contribution in [0.25, 0.3) is 22.6 Å². The topological polar surface area (TPSA) is 52.3 Å². The van der Waals surface area contributed by atoms with Crippen molar-refractivity contribution in [2.75, 3.05) is 6.61 Å². The van der Waals surface area contributed by atoms with Crippen LogP contribution in [0.1, 0.15) is 17.3 Å². The van der Waals surface area contributed by atoms with Crippen LogP contribution in [0.2, 0.25) is 0 Å². The first-order valence-corrected chi connectivity index (χ1v) is 7.30. The fourth-order valence-corrected chi connectivity index (χ4v) is 2.41. The largest absolute Gasteiger partial charge is 0.462 e. The summed E-state index contributed by atoms with van der Waals surface area (Å²) in [5.74, 6) is 0.165. The normalized spacial score (nSPS) is 10.8. The number of halogens is 1. The maximum atomic E-state index is 11.7. The molecule has 21 heavy (non-hydrogen) atoms. The molecule has 0 saturated heterocycles. The number of ether oxygens (including phenoxy) is 1. The van der Waals surface area contributed by atoms with Gasteiger partial charge in [-0.2, -0.15) is 0 Å². The van der Waals surface area contributed by atoms with Crippen LogP contribution in [-0.4, -0.2) is 17.6 Å².